The van der Waals surface area contributed by atoms with Gasteiger partial charge >= 0.3 is 0 Å². The highest BCUT2D eigenvalue weighted by Crippen LogP contribution is 2.17. The van der Waals surface area contributed by atoms with E-state index in [2.05, 4.69) is 58.8 Å². The van der Waals surface area contributed by atoms with Crippen LogP contribution in [0.3, 0.4) is 0 Å². The van der Waals surface area contributed by atoms with Crippen LogP contribution in [0.15, 0.2) is 39.6 Å². The average molecular weight is 329 g/mol. The molecule has 2 aliphatic rings. The number of morpholine rings is 1. The summed E-state index contributed by atoms with van der Waals surface area (Å²) in [5.74, 6) is 0.592. The minimum absolute atomic E-state index is 0.162. The Kier molecular flexibility index (Phi) is 5.20. The summed E-state index contributed by atoms with van der Waals surface area (Å²) in [6, 6.07) is 7.80. The Hall–Kier alpha value is -2.28. The average Bonchev–Trinajstić information content (AvgIpc) is 2.59. The van der Waals surface area contributed by atoms with Gasteiger partial charge in [0, 0.05) is 6.42 Å². The molecule has 0 aliphatic carbocycles. The third-order valence-electron chi connectivity index (χ3n) is 4.13. The van der Waals surface area contributed by atoms with Gasteiger partial charge in [-0.15, -0.1) is 10.2 Å². The molecule has 24 heavy (non-hydrogen) atoms. The van der Waals surface area contributed by atoms with Gasteiger partial charge < -0.3 is 4.74 Å². The summed E-state index contributed by atoms with van der Waals surface area (Å²) in [4.78, 5) is 12.2. The number of guanidine groups is 1. The molecule has 1 unspecified atom stereocenters. The summed E-state index contributed by atoms with van der Waals surface area (Å²) in [7, 11) is 0. The zero-order valence-corrected chi connectivity index (χ0v) is 14.1. The maximum atomic E-state index is 12.2. The number of hydrazone groups is 1. The van der Waals surface area contributed by atoms with E-state index in [-0.39, 0.29) is 11.9 Å². The Balaban J connectivity index is 1.62. The molecule has 1 N–H and O–H groups in total. The van der Waals surface area contributed by atoms with E-state index in [1.807, 2.05) is 5.01 Å². The van der Waals surface area contributed by atoms with Gasteiger partial charge in [0.1, 0.15) is 0 Å². The van der Waals surface area contributed by atoms with Crippen LogP contribution in [0.25, 0.3) is 0 Å². The van der Waals surface area contributed by atoms with Crippen LogP contribution in [-0.4, -0.2) is 49.2 Å². The number of rotatable bonds is 4. The summed E-state index contributed by atoms with van der Waals surface area (Å²) in [5, 5.41) is 17.1. The van der Waals surface area contributed by atoms with Gasteiger partial charge in [0.25, 0.3) is 11.9 Å². The topological polar surface area (TPSA) is 78.7 Å². The van der Waals surface area contributed by atoms with Gasteiger partial charge in [0.2, 0.25) is 0 Å². The molecule has 7 nitrogen and oxygen atoms in total. The van der Waals surface area contributed by atoms with E-state index in [0.29, 0.717) is 38.6 Å². The first-order valence-corrected chi connectivity index (χ1v) is 8.33. The molecule has 1 atom stereocenters. The van der Waals surface area contributed by atoms with Gasteiger partial charge in [0.15, 0.2) is 6.04 Å². The van der Waals surface area contributed by atoms with Crippen LogP contribution in [0.4, 0.5) is 0 Å². The summed E-state index contributed by atoms with van der Waals surface area (Å²) >= 11 is 0. The summed E-state index contributed by atoms with van der Waals surface area (Å²) in [6.07, 6.45) is 0.540. The van der Waals surface area contributed by atoms with Crippen LogP contribution in [-0.2, 0) is 16.0 Å². The third-order valence-corrected chi connectivity index (χ3v) is 4.13. The van der Waals surface area contributed by atoms with Crippen molar-refractivity contribution in [3.8, 4) is 0 Å². The van der Waals surface area contributed by atoms with Gasteiger partial charge in [-0.2, -0.15) is 5.11 Å². The lowest BCUT2D eigenvalue weighted by molar-refractivity contribution is -0.121. The molecular formula is C17H23N5O2. The second-order valence-electron chi connectivity index (χ2n) is 6.31. The number of nitrogens with zero attached hydrogens (tertiary/aromatic N) is 4. The van der Waals surface area contributed by atoms with Gasteiger partial charge in [0.05, 0.1) is 26.3 Å². The van der Waals surface area contributed by atoms with Crippen LogP contribution >= 0.6 is 0 Å². The number of hydrogen-bond donors (Lipinski definition) is 1. The predicted molar refractivity (Wildman–Crippen MR) is 90.8 cm³/mol. The van der Waals surface area contributed by atoms with Crippen molar-refractivity contribution in [3.63, 3.8) is 0 Å². The zero-order valence-electron chi connectivity index (χ0n) is 14.1. The normalized spacial score (nSPS) is 23.0. The van der Waals surface area contributed by atoms with Crippen LogP contribution in [0.2, 0.25) is 0 Å². The molecule has 2 heterocycles. The molecule has 0 spiro atoms. The molecule has 2 aliphatic heterocycles. The number of carbonyl (C=O) groups excluding carboxylic acids is 1. The second kappa shape index (κ2) is 7.53. The first-order chi connectivity index (χ1) is 11.6. The van der Waals surface area contributed by atoms with E-state index in [1.165, 1.54) is 5.56 Å². The number of nitrogens with one attached hydrogen (secondary N) is 1. The fourth-order valence-electron chi connectivity index (χ4n) is 2.62. The highest BCUT2D eigenvalue weighted by atomic mass is 16.5. The molecule has 0 bridgehead atoms. The van der Waals surface area contributed by atoms with Crippen LogP contribution in [0.5, 0.6) is 0 Å². The molecule has 0 radical (unpaired) electrons. The summed E-state index contributed by atoms with van der Waals surface area (Å²) in [6.45, 7) is 6.98. The molecule has 3 rings (SSSR count). The van der Waals surface area contributed by atoms with E-state index in [0.717, 1.165) is 5.56 Å². The van der Waals surface area contributed by atoms with Crippen LogP contribution < -0.4 is 5.32 Å². The second-order valence-corrected chi connectivity index (χ2v) is 6.31. The van der Waals surface area contributed by atoms with Crippen molar-refractivity contribution < 1.29 is 9.53 Å². The molecule has 1 aromatic rings. The summed E-state index contributed by atoms with van der Waals surface area (Å²) in [5.41, 5.74) is 2.36. The molecule has 7 heteroatoms. The van der Waals surface area contributed by atoms with Gasteiger partial charge in [-0.3, -0.25) is 15.1 Å². The smallest absolute Gasteiger partial charge is 0.265 e. The molecule has 0 aromatic heterocycles. The zero-order chi connectivity index (χ0) is 16.9. The van der Waals surface area contributed by atoms with Crippen LogP contribution in [0.1, 0.15) is 30.9 Å². The number of ether oxygens (including phenoxy) is 1. The van der Waals surface area contributed by atoms with Crippen molar-refractivity contribution in [1.82, 2.24) is 10.3 Å². The number of carbonyl (C=O) groups is 1. The molecule has 1 saturated heterocycles. The first-order valence-electron chi connectivity index (χ1n) is 8.33. The Bertz CT molecular complexity index is 633. The SMILES string of the molecule is CC(C)c1ccc(CC2N=NC(=NN3CCOCC3)NC2=O)cc1. The minimum Gasteiger partial charge on any atom is -0.378 e. The van der Waals surface area contributed by atoms with Crippen molar-refractivity contribution in [2.75, 3.05) is 26.3 Å². The van der Waals surface area contributed by atoms with Gasteiger partial charge in [-0.25, -0.2) is 0 Å². The van der Waals surface area contributed by atoms with E-state index in [4.69, 9.17) is 4.74 Å². The van der Waals surface area contributed by atoms with E-state index in [1.54, 1.807) is 0 Å². The standard InChI is InChI=1S/C17H23N5O2/c1-12(2)14-5-3-13(4-6-14)11-15-16(23)18-17(20-19-15)21-22-7-9-24-10-8-22/h3-6,12,15H,7-11H2,1-2H3,(H,18,21,23). The third kappa shape index (κ3) is 4.17. The Morgan fingerprint density at radius 1 is 1.29 bits per heavy atom. The minimum atomic E-state index is -0.501. The molecule has 1 aromatic carbocycles. The number of azo groups is 1. The number of benzene rings is 1. The quantitative estimate of drug-likeness (QED) is 0.916. The largest absolute Gasteiger partial charge is 0.378 e. The first kappa shape index (κ1) is 16.6. The van der Waals surface area contributed by atoms with Crippen molar-refractivity contribution in [1.29, 1.82) is 0 Å². The van der Waals surface area contributed by atoms with Gasteiger partial charge in [-0.1, -0.05) is 38.1 Å². The fourth-order valence-corrected chi connectivity index (χ4v) is 2.62. The van der Waals surface area contributed by atoms with E-state index in [9.17, 15) is 4.79 Å². The lowest BCUT2D eigenvalue weighted by Crippen LogP contribution is -2.43. The predicted octanol–water partition coefficient (Wildman–Crippen LogP) is 1.91. The number of amides is 1. The maximum absolute atomic E-state index is 12.2. The molecule has 128 valence electrons. The fraction of sp³-hybridized carbons (Fsp3) is 0.529. The van der Waals surface area contributed by atoms with E-state index < -0.39 is 6.04 Å². The molecule has 1 fully saturated rings. The Morgan fingerprint density at radius 2 is 2.00 bits per heavy atom. The lowest BCUT2D eigenvalue weighted by Gasteiger charge is -2.25. The summed E-state index contributed by atoms with van der Waals surface area (Å²) < 4.78 is 5.26. The Morgan fingerprint density at radius 3 is 2.62 bits per heavy atom. The van der Waals surface area contributed by atoms with Crippen molar-refractivity contribution in [2.45, 2.75) is 32.2 Å². The maximum Gasteiger partial charge on any atom is 0.265 e. The molecular weight excluding hydrogens is 306 g/mol. The monoisotopic (exact) mass is 329 g/mol. The van der Waals surface area contributed by atoms with Gasteiger partial charge in [-0.05, 0) is 17.0 Å². The highest BCUT2D eigenvalue weighted by molar-refractivity contribution is 6.01. The van der Waals surface area contributed by atoms with Crippen LogP contribution in [0, 0.1) is 0 Å². The number of hydrogen-bond acceptors (Lipinski definition) is 5. The Labute approximate surface area is 141 Å². The van der Waals surface area contributed by atoms with Crippen molar-refractivity contribution >= 4 is 11.9 Å². The van der Waals surface area contributed by atoms with Crippen molar-refractivity contribution in [3.05, 3.63) is 35.4 Å². The molecule has 0 saturated carbocycles. The molecule has 1 amide bonds. The van der Waals surface area contributed by atoms with E-state index >= 15 is 0 Å². The lowest BCUT2D eigenvalue weighted by atomic mass is 9.99. The highest BCUT2D eigenvalue weighted by Gasteiger charge is 2.25. The van der Waals surface area contributed by atoms with Crippen molar-refractivity contribution in [2.24, 2.45) is 15.3 Å².